The van der Waals surface area contributed by atoms with Gasteiger partial charge in [-0.3, -0.25) is 4.79 Å². The number of benzene rings is 3. The summed E-state index contributed by atoms with van der Waals surface area (Å²) in [6.07, 6.45) is -0.292. The summed E-state index contributed by atoms with van der Waals surface area (Å²) in [6.45, 7) is 3.74. The largest absolute Gasteiger partial charge is 0.491 e. The molecule has 0 spiro atoms. The number of aliphatic hydroxyl groups excluding tert-OH is 1. The molecule has 1 aromatic heterocycles. The Labute approximate surface area is 199 Å². The molecule has 0 unspecified atom stereocenters. The third-order valence-corrected chi connectivity index (χ3v) is 6.40. The van der Waals surface area contributed by atoms with Crippen molar-refractivity contribution in [2.45, 2.75) is 38.5 Å². The quantitative estimate of drug-likeness (QED) is 0.430. The molecule has 1 aliphatic heterocycles. The van der Waals surface area contributed by atoms with E-state index in [4.69, 9.17) is 9.72 Å². The highest BCUT2D eigenvalue weighted by Crippen LogP contribution is 2.31. The molecule has 0 saturated carbocycles. The van der Waals surface area contributed by atoms with Gasteiger partial charge >= 0.3 is 0 Å². The maximum absolute atomic E-state index is 12.8. The number of nitrogens with zero attached hydrogens (tertiary/aromatic N) is 3. The number of aliphatic hydroxyl groups is 1. The number of fused-ring (bicyclic) bond motifs is 1. The summed E-state index contributed by atoms with van der Waals surface area (Å²) in [6, 6.07) is 25.8. The van der Waals surface area contributed by atoms with Gasteiger partial charge in [0.1, 0.15) is 24.3 Å². The monoisotopic (exact) mass is 455 g/mol. The molecule has 1 fully saturated rings. The highest BCUT2D eigenvalue weighted by molar-refractivity contribution is 5.81. The van der Waals surface area contributed by atoms with Crippen LogP contribution in [0.5, 0.6) is 5.75 Å². The van der Waals surface area contributed by atoms with E-state index in [1.54, 1.807) is 0 Å². The van der Waals surface area contributed by atoms with Gasteiger partial charge in [0.05, 0.1) is 17.6 Å². The van der Waals surface area contributed by atoms with Crippen LogP contribution in [-0.2, 0) is 17.9 Å². The third kappa shape index (κ3) is 4.68. The second kappa shape index (κ2) is 9.69. The Bertz CT molecular complexity index is 1280. The topological polar surface area (TPSA) is 67.6 Å². The maximum atomic E-state index is 12.8. The number of imidazole rings is 1. The highest BCUT2D eigenvalue weighted by Gasteiger charge is 2.34. The predicted octanol–water partition coefficient (Wildman–Crippen LogP) is 4.30. The zero-order valence-corrected chi connectivity index (χ0v) is 19.3. The van der Waals surface area contributed by atoms with Gasteiger partial charge < -0.3 is 19.3 Å². The van der Waals surface area contributed by atoms with Crippen molar-refractivity contribution in [2.75, 3.05) is 13.2 Å². The Hall–Kier alpha value is -3.64. The average molecular weight is 456 g/mol. The molecule has 34 heavy (non-hydrogen) atoms. The van der Waals surface area contributed by atoms with E-state index in [2.05, 4.69) is 4.57 Å². The molecule has 0 radical (unpaired) electrons. The van der Waals surface area contributed by atoms with Gasteiger partial charge in [-0.15, -0.1) is 0 Å². The SMILES string of the molecule is Cc1ccccc1OC[C@@H](O)Cn1c([C@H]2CC(=O)N(Cc3ccccc3)C2)nc2ccccc21. The Kier molecular flexibility index (Phi) is 6.32. The smallest absolute Gasteiger partial charge is 0.223 e. The molecule has 174 valence electrons. The molecule has 2 atom stereocenters. The Morgan fingerprint density at radius 1 is 1.03 bits per heavy atom. The summed E-state index contributed by atoms with van der Waals surface area (Å²) in [5, 5.41) is 10.8. The Morgan fingerprint density at radius 2 is 1.76 bits per heavy atom. The van der Waals surface area contributed by atoms with Crippen molar-refractivity contribution in [3.8, 4) is 5.75 Å². The van der Waals surface area contributed by atoms with Crippen molar-refractivity contribution >= 4 is 16.9 Å². The van der Waals surface area contributed by atoms with Crippen molar-refractivity contribution in [3.63, 3.8) is 0 Å². The number of ether oxygens (including phenoxy) is 1. The molecule has 5 rings (SSSR count). The number of amides is 1. The fraction of sp³-hybridized carbons (Fsp3) is 0.286. The molecule has 3 aromatic carbocycles. The van der Waals surface area contributed by atoms with Gasteiger partial charge in [-0.2, -0.15) is 0 Å². The van der Waals surface area contributed by atoms with E-state index in [0.717, 1.165) is 33.7 Å². The van der Waals surface area contributed by atoms with E-state index in [9.17, 15) is 9.90 Å². The summed E-state index contributed by atoms with van der Waals surface area (Å²) < 4.78 is 7.94. The second-order valence-corrected chi connectivity index (χ2v) is 8.96. The summed E-state index contributed by atoms with van der Waals surface area (Å²) in [5.74, 6) is 1.74. The fourth-order valence-electron chi connectivity index (χ4n) is 4.67. The molecule has 1 amide bonds. The number of hydrogen-bond donors (Lipinski definition) is 1. The number of aryl methyl sites for hydroxylation is 1. The molecule has 6 heteroatoms. The molecule has 1 N–H and O–H groups in total. The average Bonchev–Trinajstić information content (AvgIpc) is 3.39. The minimum atomic E-state index is -0.714. The molecular weight excluding hydrogens is 426 g/mol. The van der Waals surface area contributed by atoms with Crippen molar-refractivity contribution in [1.29, 1.82) is 0 Å². The number of rotatable bonds is 8. The lowest BCUT2D eigenvalue weighted by molar-refractivity contribution is -0.128. The molecule has 4 aromatic rings. The van der Waals surface area contributed by atoms with Gasteiger partial charge in [-0.05, 0) is 36.2 Å². The van der Waals surface area contributed by atoms with E-state index in [1.807, 2.05) is 90.7 Å². The normalized spacial score (nSPS) is 16.8. The maximum Gasteiger partial charge on any atom is 0.223 e. The van der Waals surface area contributed by atoms with E-state index >= 15 is 0 Å². The van der Waals surface area contributed by atoms with Crippen LogP contribution in [0.1, 0.15) is 29.3 Å². The molecular formula is C28H29N3O3. The van der Waals surface area contributed by atoms with Crippen LogP contribution >= 0.6 is 0 Å². The third-order valence-electron chi connectivity index (χ3n) is 6.40. The van der Waals surface area contributed by atoms with E-state index in [1.165, 1.54) is 0 Å². The molecule has 2 heterocycles. The van der Waals surface area contributed by atoms with Gasteiger partial charge in [0.25, 0.3) is 0 Å². The van der Waals surface area contributed by atoms with Crippen LogP contribution in [0.15, 0.2) is 78.9 Å². The zero-order chi connectivity index (χ0) is 23.5. The van der Waals surface area contributed by atoms with Crippen LogP contribution in [-0.4, -0.2) is 44.7 Å². The second-order valence-electron chi connectivity index (χ2n) is 8.96. The first kappa shape index (κ1) is 22.2. The van der Waals surface area contributed by atoms with Crippen LogP contribution in [0, 0.1) is 6.92 Å². The predicted molar refractivity (Wildman–Crippen MR) is 132 cm³/mol. The van der Waals surface area contributed by atoms with Gasteiger partial charge in [-0.1, -0.05) is 60.7 Å². The van der Waals surface area contributed by atoms with E-state index in [-0.39, 0.29) is 18.4 Å². The molecule has 6 nitrogen and oxygen atoms in total. The molecule has 0 bridgehead atoms. The standard InChI is InChI=1S/C28H29N3O3/c1-20-9-5-8-14-26(20)34-19-23(32)18-31-25-13-7-6-12-24(25)29-28(31)22-15-27(33)30(17-22)16-21-10-3-2-4-11-21/h2-14,22-23,32H,15-19H2,1H3/t22-,23-/m0/s1. The lowest BCUT2D eigenvalue weighted by atomic mass is 10.1. The highest BCUT2D eigenvalue weighted by atomic mass is 16.5. The fourth-order valence-corrected chi connectivity index (χ4v) is 4.67. The summed E-state index contributed by atoms with van der Waals surface area (Å²) >= 11 is 0. The molecule has 1 aliphatic rings. The minimum Gasteiger partial charge on any atom is -0.491 e. The van der Waals surface area contributed by atoms with E-state index < -0.39 is 6.10 Å². The van der Waals surface area contributed by atoms with Crippen molar-refractivity contribution < 1.29 is 14.6 Å². The first-order valence-electron chi connectivity index (χ1n) is 11.7. The van der Waals surface area contributed by atoms with Crippen LogP contribution in [0.25, 0.3) is 11.0 Å². The van der Waals surface area contributed by atoms with Crippen molar-refractivity contribution in [3.05, 3.63) is 95.8 Å². The Balaban J connectivity index is 1.35. The van der Waals surface area contributed by atoms with Crippen molar-refractivity contribution in [2.24, 2.45) is 0 Å². The van der Waals surface area contributed by atoms with Crippen LogP contribution in [0.3, 0.4) is 0 Å². The van der Waals surface area contributed by atoms with Crippen LogP contribution in [0.2, 0.25) is 0 Å². The summed E-state index contributed by atoms with van der Waals surface area (Å²) in [7, 11) is 0. The van der Waals surface area contributed by atoms with Gasteiger partial charge in [-0.25, -0.2) is 4.98 Å². The number of carbonyl (C=O) groups excluding carboxylic acids is 1. The van der Waals surface area contributed by atoms with Crippen molar-refractivity contribution in [1.82, 2.24) is 14.5 Å². The van der Waals surface area contributed by atoms with Crippen LogP contribution in [0.4, 0.5) is 0 Å². The molecule has 1 saturated heterocycles. The number of likely N-dealkylation sites (tertiary alicyclic amines) is 1. The molecule has 0 aliphatic carbocycles. The lowest BCUT2D eigenvalue weighted by Gasteiger charge is -2.19. The van der Waals surface area contributed by atoms with Crippen LogP contribution < -0.4 is 4.74 Å². The first-order chi connectivity index (χ1) is 16.6. The minimum absolute atomic E-state index is 0.0203. The number of para-hydroxylation sites is 3. The van der Waals surface area contributed by atoms with E-state index in [0.29, 0.717) is 26.1 Å². The summed E-state index contributed by atoms with van der Waals surface area (Å²) in [4.78, 5) is 19.6. The first-order valence-corrected chi connectivity index (χ1v) is 11.7. The number of hydrogen-bond acceptors (Lipinski definition) is 4. The number of carbonyl (C=O) groups is 1. The lowest BCUT2D eigenvalue weighted by Crippen LogP contribution is -2.26. The van der Waals surface area contributed by atoms with Gasteiger partial charge in [0, 0.05) is 25.4 Å². The van der Waals surface area contributed by atoms with Gasteiger partial charge in [0.2, 0.25) is 5.91 Å². The van der Waals surface area contributed by atoms with Gasteiger partial charge in [0.15, 0.2) is 0 Å². The number of aromatic nitrogens is 2. The Morgan fingerprint density at radius 3 is 2.59 bits per heavy atom. The zero-order valence-electron chi connectivity index (χ0n) is 19.3. The summed E-state index contributed by atoms with van der Waals surface area (Å²) in [5.41, 5.74) is 3.99.